The van der Waals surface area contributed by atoms with Gasteiger partial charge in [-0.15, -0.1) is 0 Å². The van der Waals surface area contributed by atoms with Gasteiger partial charge in [-0.2, -0.15) is 0 Å². The Morgan fingerprint density at radius 3 is 2.84 bits per heavy atom. The van der Waals surface area contributed by atoms with Crippen LogP contribution in [0.5, 0.6) is 0 Å². The third-order valence-corrected chi connectivity index (χ3v) is 4.30. The first-order chi connectivity index (χ1) is 12.0. The van der Waals surface area contributed by atoms with Gasteiger partial charge in [0.05, 0.1) is 12.3 Å². The monoisotopic (exact) mass is 360 g/mol. The van der Waals surface area contributed by atoms with E-state index in [1.807, 2.05) is 18.2 Å². The van der Waals surface area contributed by atoms with Gasteiger partial charge in [-0.3, -0.25) is 14.4 Å². The molecule has 0 spiro atoms. The normalized spacial score (nSPS) is 16.9. The van der Waals surface area contributed by atoms with Crippen molar-refractivity contribution in [1.29, 1.82) is 0 Å². The Hall–Kier alpha value is -2.60. The molecule has 1 saturated heterocycles. The zero-order valence-corrected chi connectivity index (χ0v) is 14.2. The lowest BCUT2D eigenvalue weighted by Gasteiger charge is -2.17. The number of hydrogen-bond donors (Lipinski definition) is 1. The van der Waals surface area contributed by atoms with Crippen molar-refractivity contribution >= 4 is 29.2 Å². The van der Waals surface area contributed by atoms with Gasteiger partial charge in [-0.1, -0.05) is 23.7 Å². The van der Waals surface area contributed by atoms with E-state index in [9.17, 15) is 14.4 Å². The minimum atomic E-state index is -0.760. The van der Waals surface area contributed by atoms with E-state index in [-0.39, 0.29) is 24.1 Å². The molecule has 3 rings (SSSR count). The number of carbonyl (C=O) groups excluding carboxylic acids is 3. The van der Waals surface area contributed by atoms with Gasteiger partial charge in [-0.25, -0.2) is 0 Å². The topological polar surface area (TPSA) is 79.6 Å². The van der Waals surface area contributed by atoms with E-state index in [0.29, 0.717) is 24.5 Å². The summed E-state index contributed by atoms with van der Waals surface area (Å²) >= 11 is 5.95. The molecule has 1 aliphatic rings. The standard InChI is InChI=1S/C18H17ClN2O4/c19-13-4-1-3-12(9-13)6-7-21-11-14(10-16(21)22)20-18(24)17(23)15-5-2-8-25-15/h1-5,8-9,14H,6-7,10-11H2,(H,20,24). The maximum atomic E-state index is 12.1. The van der Waals surface area contributed by atoms with Crippen molar-refractivity contribution in [2.75, 3.05) is 13.1 Å². The van der Waals surface area contributed by atoms with Crippen LogP contribution in [0.25, 0.3) is 0 Å². The van der Waals surface area contributed by atoms with Gasteiger partial charge in [0.15, 0.2) is 5.76 Å². The summed E-state index contributed by atoms with van der Waals surface area (Å²) in [5.74, 6) is -1.56. The number of nitrogens with one attached hydrogen (secondary N) is 1. The fourth-order valence-corrected chi connectivity index (χ4v) is 3.02. The van der Waals surface area contributed by atoms with E-state index in [1.165, 1.54) is 18.4 Å². The zero-order valence-electron chi connectivity index (χ0n) is 13.4. The maximum absolute atomic E-state index is 12.1. The van der Waals surface area contributed by atoms with Gasteiger partial charge < -0.3 is 14.6 Å². The summed E-state index contributed by atoms with van der Waals surface area (Å²) < 4.78 is 4.92. The van der Waals surface area contributed by atoms with Crippen molar-refractivity contribution in [2.45, 2.75) is 18.9 Å². The SMILES string of the molecule is O=C(NC1CC(=O)N(CCc2cccc(Cl)c2)C1)C(=O)c1ccco1. The number of ketones is 1. The Labute approximate surface area is 149 Å². The van der Waals surface area contributed by atoms with E-state index >= 15 is 0 Å². The van der Waals surface area contributed by atoms with E-state index in [4.69, 9.17) is 16.0 Å². The summed E-state index contributed by atoms with van der Waals surface area (Å²) in [5, 5.41) is 3.26. The van der Waals surface area contributed by atoms with Crippen molar-refractivity contribution in [3.63, 3.8) is 0 Å². The second-order valence-electron chi connectivity index (χ2n) is 5.90. The Morgan fingerprint density at radius 1 is 1.28 bits per heavy atom. The molecule has 1 N–H and O–H groups in total. The Bertz CT molecular complexity index is 788. The lowest BCUT2D eigenvalue weighted by molar-refractivity contribution is -0.127. The fraction of sp³-hybridized carbons (Fsp3) is 0.278. The summed E-state index contributed by atoms with van der Waals surface area (Å²) in [6, 6.07) is 10.1. The van der Waals surface area contributed by atoms with Crippen molar-refractivity contribution in [2.24, 2.45) is 0 Å². The number of halogens is 1. The second kappa shape index (κ2) is 7.53. The van der Waals surface area contributed by atoms with Crippen LogP contribution >= 0.6 is 11.6 Å². The Morgan fingerprint density at radius 2 is 2.12 bits per heavy atom. The van der Waals surface area contributed by atoms with Crippen LogP contribution < -0.4 is 5.32 Å². The number of furan rings is 1. The number of nitrogens with zero attached hydrogens (tertiary/aromatic N) is 1. The molecule has 25 heavy (non-hydrogen) atoms. The summed E-state index contributed by atoms with van der Waals surface area (Å²) in [5.41, 5.74) is 1.04. The summed E-state index contributed by atoms with van der Waals surface area (Å²) in [6.45, 7) is 0.925. The molecule has 0 saturated carbocycles. The first kappa shape index (κ1) is 17.2. The molecule has 1 aromatic carbocycles. The molecule has 2 aromatic rings. The highest BCUT2D eigenvalue weighted by Gasteiger charge is 2.32. The molecule has 2 heterocycles. The number of benzene rings is 1. The molecule has 0 aliphatic carbocycles. The second-order valence-corrected chi connectivity index (χ2v) is 6.34. The van der Waals surface area contributed by atoms with Crippen molar-refractivity contribution in [3.8, 4) is 0 Å². The molecule has 1 aromatic heterocycles. The minimum Gasteiger partial charge on any atom is -0.461 e. The molecular formula is C18H17ClN2O4. The summed E-state index contributed by atoms with van der Waals surface area (Å²) in [7, 11) is 0. The van der Waals surface area contributed by atoms with Gasteiger partial charge in [-0.05, 0) is 36.2 Å². The Kier molecular flexibility index (Phi) is 5.19. The quantitative estimate of drug-likeness (QED) is 0.631. The van der Waals surface area contributed by atoms with E-state index in [1.54, 1.807) is 11.0 Å². The Balaban J connectivity index is 1.52. The molecule has 1 fully saturated rings. The average Bonchev–Trinajstić information content (AvgIpc) is 3.22. The first-order valence-corrected chi connectivity index (χ1v) is 8.31. The lowest BCUT2D eigenvalue weighted by atomic mass is 10.1. The minimum absolute atomic E-state index is 0.0142. The van der Waals surface area contributed by atoms with Crippen LogP contribution in [-0.2, 0) is 16.0 Å². The van der Waals surface area contributed by atoms with Gasteiger partial charge in [0.25, 0.3) is 11.7 Å². The fourth-order valence-electron chi connectivity index (χ4n) is 2.81. The average molecular weight is 361 g/mol. The first-order valence-electron chi connectivity index (χ1n) is 7.94. The van der Waals surface area contributed by atoms with Gasteiger partial charge in [0.2, 0.25) is 5.91 Å². The molecule has 0 bridgehead atoms. The van der Waals surface area contributed by atoms with Crippen molar-refractivity contribution in [3.05, 3.63) is 59.0 Å². The third-order valence-electron chi connectivity index (χ3n) is 4.06. The van der Waals surface area contributed by atoms with Crippen LogP contribution in [0, 0.1) is 0 Å². The number of rotatable bonds is 6. The summed E-state index contributed by atoms with van der Waals surface area (Å²) in [6.07, 6.45) is 2.20. The van der Waals surface area contributed by atoms with Crippen LogP contribution in [-0.4, -0.2) is 41.6 Å². The molecule has 6 nitrogen and oxygen atoms in total. The van der Waals surface area contributed by atoms with Gasteiger partial charge in [0, 0.05) is 24.5 Å². The molecule has 1 aliphatic heterocycles. The molecular weight excluding hydrogens is 344 g/mol. The number of likely N-dealkylation sites (tertiary alicyclic amines) is 1. The lowest BCUT2D eigenvalue weighted by Crippen LogP contribution is -2.41. The molecule has 7 heteroatoms. The predicted molar refractivity (Wildman–Crippen MR) is 91.3 cm³/mol. The summed E-state index contributed by atoms with van der Waals surface area (Å²) in [4.78, 5) is 37.6. The van der Waals surface area contributed by atoms with Gasteiger partial charge >= 0.3 is 0 Å². The van der Waals surface area contributed by atoms with E-state index < -0.39 is 11.7 Å². The number of hydrogen-bond acceptors (Lipinski definition) is 4. The number of amides is 2. The molecule has 130 valence electrons. The molecule has 2 amide bonds. The largest absolute Gasteiger partial charge is 0.461 e. The smallest absolute Gasteiger partial charge is 0.296 e. The molecule has 0 radical (unpaired) electrons. The van der Waals surface area contributed by atoms with E-state index in [2.05, 4.69) is 5.32 Å². The van der Waals surface area contributed by atoms with Crippen LogP contribution in [0.4, 0.5) is 0 Å². The third kappa shape index (κ3) is 4.28. The highest BCUT2D eigenvalue weighted by molar-refractivity contribution is 6.42. The van der Waals surface area contributed by atoms with Crippen LogP contribution in [0.1, 0.15) is 22.5 Å². The molecule has 1 unspecified atom stereocenters. The number of Topliss-reactive ketones (excluding diaryl/α,β-unsaturated/α-hetero) is 1. The van der Waals surface area contributed by atoms with Crippen molar-refractivity contribution in [1.82, 2.24) is 10.2 Å². The predicted octanol–water partition coefficient (Wildman–Crippen LogP) is 2.08. The zero-order chi connectivity index (χ0) is 17.8. The van der Waals surface area contributed by atoms with Crippen LogP contribution in [0.2, 0.25) is 5.02 Å². The highest BCUT2D eigenvalue weighted by atomic mass is 35.5. The highest BCUT2D eigenvalue weighted by Crippen LogP contribution is 2.15. The van der Waals surface area contributed by atoms with Gasteiger partial charge in [0.1, 0.15) is 0 Å². The van der Waals surface area contributed by atoms with E-state index in [0.717, 1.165) is 5.56 Å². The van der Waals surface area contributed by atoms with Crippen LogP contribution in [0.15, 0.2) is 47.1 Å². The number of carbonyl (C=O) groups is 3. The van der Waals surface area contributed by atoms with Crippen molar-refractivity contribution < 1.29 is 18.8 Å². The van der Waals surface area contributed by atoms with Crippen LogP contribution in [0.3, 0.4) is 0 Å². The maximum Gasteiger partial charge on any atom is 0.296 e. The molecule has 1 atom stereocenters.